The van der Waals surface area contributed by atoms with Crippen LogP contribution in [-0.2, 0) is 4.79 Å². The Hall–Kier alpha value is -2.57. The number of nitrogens with zero attached hydrogens (tertiary/aromatic N) is 3. The summed E-state index contributed by atoms with van der Waals surface area (Å²) in [6.45, 7) is 0. The molecule has 0 saturated heterocycles. The summed E-state index contributed by atoms with van der Waals surface area (Å²) in [4.78, 5) is 23.7. The number of rotatable bonds is 3. The van der Waals surface area contributed by atoms with Crippen LogP contribution in [0.3, 0.4) is 0 Å². The number of hydrogen-bond acceptors (Lipinski definition) is 5. The van der Waals surface area contributed by atoms with Crippen molar-refractivity contribution in [2.75, 3.05) is 11.1 Å². The van der Waals surface area contributed by atoms with Gasteiger partial charge in [0.25, 0.3) is 0 Å². The maximum atomic E-state index is 12.8. The Bertz CT molecular complexity index is 663. The van der Waals surface area contributed by atoms with E-state index in [1.54, 1.807) is 24.4 Å². The summed E-state index contributed by atoms with van der Waals surface area (Å²) in [5.74, 6) is -0.255. The number of amides is 1. The number of nitrogens with two attached hydrogens (primary N) is 1. The van der Waals surface area contributed by atoms with Crippen LogP contribution in [0, 0.1) is 5.92 Å². The van der Waals surface area contributed by atoms with Crippen molar-refractivity contribution in [1.82, 2.24) is 15.0 Å². The third kappa shape index (κ3) is 2.42. The Morgan fingerprint density at radius 3 is 2.90 bits per heavy atom. The molecule has 0 spiro atoms. The van der Waals surface area contributed by atoms with Crippen LogP contribution in [0.5, 0.6) is 0 Å². The second-order valence-corrected chi connectivity index (χ2v) is 4.57. The lowest BCUT2D eigenvalue weighted by molar-refractivity contribution is -0.117. The van der Waals surface area contributed by atoms with Crippen LogP contribution in [0.2, 0.25) is 0 Å². The highest BCUT2D eigenvalue weighted by Crippen LogP contribution is 2.34. The zero-order chi connectivity index (χ0) is 14.1. The van der Waals surface area contributed by atoms with Crippen LogP contribution >= 0.6 is 0 Å². The maximum absolute atomic E-state index is 12.8. The number of nitrogen functional groups attached to an aromatic ring is 1. The largest absolute Gasteiger partial charge is 0.383 e. The quantitative estimate of drug-likeness (QED) is 0.882. The normalized spacial score (nSPS) is 20.4. The van der Waals surface area contributed by atoms with E-state index in [4.69, 9.17) is 5.73 Å². The van der Waals surface area contributed by atoms with Crippen molar-refractivity contribution in [1.29, 1.82) is 0 Å². The third-order valence-corrected chi connectivity index (χ3v) is 3.08. The van der Waals surface area contributed by atoms with Crippen molar-refractivity contribution in [2.24, 2.45) is 5.92 Å². The smallest absolute Gasteiger partial charge is 0.231 e. The lowest BCUT2D eigenvalue weighted by Gasteiger charge is -2.06. The molecule has 2 atom stereocenters. The second kappa shape index (κ2) is 4.84. The topological polar surface area (TPSA) is 93.8 Å². The van der Waals surface area contributed by atoms with Crippen molar-refractivity contribution >= 4 is 17.5 Å². The Balaban J connectivity index is 1.83. The van der Waals surface area contributed by atoms with E-state index in [0.717, 1.165) is 0 Å². The van der Waals surface area contributed by atoms with Crippen LogP contribution in [0.15, 0.2) is 30.7 Å². The van der Waals surface area contributed by atoms with E-state index in [-0.39, 0.29) is 12.3 Å². The summed E-state index contributed by atoms with van der Waals surface area (Å²) in [6.07, 6.45) is 2.14. The predicted molar refractivity (Wildman–Crippen MR) is 71.3 cm³/mol. The molecule has 0 unspecified atom stereocenters. The van der Waals surface area contributed by atoms with E-state index in [1.807, 2.05) is 0 Å². The highest BCUT2D eigenvalue weighted by molar-refractivity contribution is 5.94. The number of carbonyl (C=O) groups is 1. The molecule has 1 fully saturated rings. The molecule has 6 nitrogen and oxygen atoms in total. The molecule has 0 bridgehead atoms. The summed E-state index contributed by atoms with van der Waals surface area (Å²) in [5, 5.41) is 2.57. The fourth-order valence-corrected chi connectivity index (χ4v) is 1.86. The molecule has 1 saturated carbocycles. The molecule has 1 aliphatic carbocycles. The van der Waals surface area contributed by atoms with Crippen LogP contribution in [-0.4, -0.2) is 27.0 Å². The Labute approximate surface area is 114 Å². The van der Waals surface area contributed by atoms with E-state index in [2.05, 4.69) is 20.3 Å². The first kappa shape index (κ1) is 12.5. The fourth-order valence-electron chi connectivity index (χ4n) is 1.86. The number of pyridine rings is 1. The Morgan fingerprint density at radius 2 is 2.20 bits per heavy atom. The molecule has 3 N–H and O–H groups in total. The highest BCUT2D eigenvalue weighted by atomic mass is 19.1. The molecule has 7 heteroatoms. The summed E-state index contributed by atoms with van der Waals surface area (Å²) in [6, 6.07) is 5.10. The summed E-state index contributed by atoms with van der Waals surface area (Å²) >= 11 is 0. The van der Waals surface area contributed by atoms with E-state index in [1.165, 1.54) is 6.33 Å². The first-order valence-electron chi connectivity index (χ1n) is 6.13. The summed E-state index contributed by atoms with van der Waals surface area (Å²) in [7, 11) is 0. The van der Waals surface area contributed by atoms with Gasteiger partial charge in [0.15, 0.2) is 0 Å². The molecule has 3 rings (SSSR count). The lowest BCUT2D eigenvalue weighted by Crippen LogP contribution is -2.16. The van der Waals surface area contributed by atoms with Crippen LogP contribution in [0.4, 0.5) is 16.0 Å². The number of carbonyl (C=O) groups excluding carboxylic acids is 1. The number of hydrogen-bond donors (Lipinski definition) is 2. The van der Waals surface area contributed by atoms with E-state index in [0.29, 0.717) is 22.9 Å². The van der Waals surface area contributed by atoms with Gasteiger partial charge in [0.1, 0.15) is 24.1 Å². The van der Waals surface area contributed by atoms with Crippen LogP contribution in [0.25, 0.3) is 11.3 Å². The molecule has 1 amide bonds. The van der Waals surface area contributed by atoms with Crippen LogP contribution < -0.4 is 11.1 Å². The minimum absolute atomic E-state index is 0.277. The first-order valence-corrected chi connectivity index (χ1v) is 6.13. The molecular formula is C13H12FN5O. The van der Waals surface area contributed by atoms with E-state index < -0.39 is 12.1 Å². The Kier molecular flexibility index (Phi) is 3.02. The number of nitrogens with one attached hydrogen (secondary N) is 1. The SMILES string of the molecule is Nc1ncccc1-c1cc(NC(=O)[C@H]2C[C@H]2F)ncn1. The average molecular weight is 273 g/mol. The molecule has 0 aromatic carbocycles. The van der Waals surface area contributed by atoms with Crippen LogP contribution in [0.1, 0.15) is 6.42 Å². The van der Waals surface area contributed by atoms with Crippen molar-refractivity contribution in [2.45, 2.75) is 12.6 Å². The minimum atomic E-state index is -1.04. The van der Waals surface area contributed by atoms with E-state index in [9.17, 15) is 9.18 Å². The second-order valence-electron chi connectivity index (χ2n) is 4.57. The van der Waals surface area contributed by atoms with Gasteiger partial charge >= 0.3 is 0 Å². The molecule has 0 aliphatic heterocycles. The minimum Gasteiger partial charge on any atom is -0.383 e. The molecule has 2 heterocycles. The van der Waals surface area contributed by atoms with Gasteiger partial charge in [-0.2, -0.15) is 0 Å². The van der Waals surface area contributed by atoms with Gasteiger partial charge in [-0.05, 0) is 18.6 Å². The van der Waals surface area contributed by atoms with E-state index >= 15 is 0 Å². The summed E-state index contributed by atoms with van der Waals surface area (Å²) < 4.78 is 12.8. The lowest BCUT2D eigenvalue weighted by atomic mass is 10.2. The average Bonchev–Trinajstić information content (AvgIpc) is 3.17. The zero-order valence-corrected chi connectivity index (χ0v) is 10.5. The summed E-state index contributed by atoms with van der Waals surface area (Å²) in [5.41, 5.74) is 6.97. The van der Waals surface area contributed by atoms with Gasteiger partial charge in [-0.3, -0.25) is 4.79 Å². The molecule has 20 heavy (non-hydrogen) atoms. The first-order chi connectivity index (χ1) is 9.65. The van der Waals surface area contributed by atoms with Crippen molar-refractivity contribution in [3.05, 3.63) is 30.7 Å². The highest BCUT2D eigenvalue weighted by Gasteiger charge is 2.43. The number of anilines is 2. The standard InChI is InChI=1S/C13H12FN5O/c14-9-4-8(9)13(20)19-11-5-10(17-6-18-11)7-2-1-3-16-12(7)15/h1-3,5-6,8-9H,4H2,(H2,15,16)(H,17,18,19,20)/t8-,9+/m0/s1. The molecule has 0 radical (unpaired) electrons. The molecule has 1 aliphatic rings. The van der Waals surface area contributed by atoms with Gasteiger partial charge in [-0.25, -0.2) is 19.3 Å². The van der Waals surface area contributed by atoms with Crippen molar-refractivity contribution in [3.8, 4) is 11.3 Å². The van der Waals surface area contributed by atoms with Crippen molar-refractivity contribution in [3.63, 3.8) is 0 Å². The Morgan fingerprint density at radius 1 is 1.40 bits per heavy atom. The van der Waals surface area contributed by atoms with Gasteiger partial charge in [-0.1, -0.05) is 0 Å². The zero-order valence-electron chi connectivity index (χ0n) is 10.5. The number of aromatic nitrogens is 3. The van der Waals surface area contributed by atoms with Gasteiger partial charge in [-0.15, -0.1) is 0 Å². The molecule has 2 aromatic heterocycles. The van der Waals surface area contributed by atoms with Gasteiger partial charge < -0.3 is 11.1 Å². The molecule has 2 aromatic rings. The maximum Gasteiger partial charge on any atom is 0.231 e. The third-order valence-electron chi connectivity index (χ3n) is 3.08. The van der Waals surface area contributed by atoms with Gasteiger partial charge in [0, 0.05) is 17.8 Å². The predicted octanol–water partition coefficient (Wildman–Crippen LogP) is 1.42. The number of alkyl halides is 1. The molecular weight excluding hydrogens is 261 g/mol. The van der Waals surface area contributed by atoms with Gasteiger partial charge in [0.2, 0.25) is 5.91 Å². The monoisotopic (exact) mass is 273 g/mol. The van der Waals surface area contributed by atoms with Crippen molar-refractivity contribution < 1.29 is 9.18 Å². The molecule has 102 valence electrons. The fraction of sp³-hybridized carbons (Fsp3) is 0.231. The number of halogens is 1. The van der Waals surface area contributed by atoms with Gasteiger partial charge in [0.05, 0.1) is 11.6 Å².